The number of carbonyl (C=O) groups is 6. The van der Waals surface area contributed by atoms with E-state index in [1.807, 2.05) is 0 Å². The van der Waals surface area contributed by atoms with Crippen molar-refractivity contribution in [3.05, 3.63) is 137 Å². The molecule has 6 amide bonds. The Labute approximate surface area is 535 Å². The molecule has 476 valence electrons. The summed E-state index contributed by atoms with van der Waals surface area (Å²) in [5, 5.41) is 40.1. The monoisotopic (exact) mass is 1400 g/mol. The summed E-state index contributed by atoms with van der Waals surface area (Å²) in [6.45, 7) is 3.07. The van der Waals surface area contributed by atoms with Crippen molar-refractivity contribution in [3.8, 4) is 0 Å². The van der Waals surface area contributed by atoms with Crippen LogP contribution in [0.3, 0.4) is 0 Å². The predicted octanol–water partition coefficient (Wildman–Crippen LogP) is 6.20. The molecule has 28 nitrogen and oxygen atoms in total. The van der Waals surface area contributed by atoms with E-state index in [-0.39, 0.29) is 105 Å². The molecule has 3 saturated heterocycles. The second-order valence-corrected chi connectivity index (χ2v) is 27.6. The van der Waals surface area contributed by atoms with Crippen molar-refractivity contribution < 1.29 is 58.6 Å². The van der Waals surface area contributed by atoms with Crippen molar-refractivity contribution in [2.75, 3.05) is 74.0 Å². The number of sulfonamides is 2. The number of nitrogens with zero attached hydrogens (tertiary/aromatic N) is 5. The van der Waals surface area contributed by atoms with Gasteiger partial charge in [-0.15, -0.1) is 0 Å². The number of carbonyl (C=O) groups excluding carboxylic acids is 6. The highest BCUT2D eigenvalue weighted by Gasteiger charge is 2.30. The van der Waals surface area contributed by atoms with Crippen LogP contribution in [0.15, 0.2) is 73.2 Å². The molecule has 11 N–H and O–H groups in total. The maximum absolute atomic E-state index is 12.6. The van der Waals surface area contributed by atoms with E-state index in [0.717, 1.165) is 38.4 Å². The van der Waals surface area contributed by atoms with E-state index < -0.39 is 59.7 Å². The zero-order chi connectivity index (χ0) is 64.7. The summed E-state index contributed by atoms with van der Waals surface area (Å²) >= 11 is 36.3. The molecule has 6 aromatic rings. The molecule has 0 spiro atoms. The van der Waals surface area contributed by atoms with Gasteiger partial charge in [0, 0.05) is 44.3 Å². The van der Waals surface area contributed by atoms with Crippen LogP contribution in [0.5, 0.6) is 0 Å². The highest BCUT2D eigenvalue weighted by Crippen LogP contribution is 2.29. The van der Waals surface area contributed by atoms with Gasteiger partial charge in [0.05, 0.1) is 101 Å². The summed E-state index contributed by atoms with van der Waals surface area (Å²) in [5.41, 5.74) is 1.31. The van der Waals surface area contributed by atoms with Gasteiger partial charge in [0.2, 0.25) is 20.0 Å². The summed E-state index contributed by atoms with van der Waals surface area (Å²) in [6.07, 6.45) is 10.7. The lowest BCUT2D eigenvalue weighted by atomic mass is 10.1. The van der Waals surface area contributed by atoms with E-state index in [0.29, 0.717) is 58.1 Å². The molecule has 0 aliphatic carbocycles. The quantitative estimate of drug-likeness (QED) is 0.0541. The first kappa shape index (κ1) is 70.6. The Balaban J connectivity index is 0.000000203. The maximum atomic E-state index is 12.6. The molecule has 0 saturated carbocycles. The fraction of sp³-hybridized carbons (Fsp3) is 0.353. The van der Waals surface area contributed by atoms with Crippen LogP contribution in [0.1, 0.15) is 101 Å². The molecule has 3 aromatic carbocycles. The lowest BCUT2D eigenvalue weighted by Gasteiger charge is -2.30. The third-order valence-electron chi connectivity index (χ3n) is 13.1. The Hall–Kier alpha value is -6.46. The van der Waals surface area contributed by atoms with Crippen molar-refractivity contribution >= 4 is 152 Å². The van der Waals surface area contributed by atoms with Gasteiger partial charge in [0.25, 0.3) is 45.6 Å². The van der Waals surface area contributed by atoms with Crippen molar-refractivity contribution in [3.63, 3.8) is 0 Å². The molecule has 0 atom stereocenters. The van der Waals surface area contributed by atoms with E-state index in [1.54, 1.807) is 30.3 Å². The van der Waals surface area contributed by atoms with E-state index in [9.17, 15) is 54.0 Å². The SMILES string of the molecule is CS(=O)(=O)N1CCC(NC(=O)c2[nH]ncc2NC(=O)c2c(Cl)cccc2Cl)CC1.CS(=O)(=O)N1CCC(NC(=O)c2[nH]ncc2NC(=O)c2c(Cl)cccc2Cl)CC1.CS(=O)(=O)O.O=C(NC1CCNCC1)c1[nH]ncc1NC(=O)c1c(Cl)cccc1Cl. The molecule has 37 heteroatoms. The summed E-state index contributed by atoms with van der Waals surface area (Å²) in [7, 11) is -10.1. The van der Waals surface area contributed by atoms with Crippen molar-refractivity contribution in [1.82, 2.24) is 60.5 Å². The van der Waals surface area contributed by atoms with Crippen molar-refractivity contribution in [2.45, 2.75) is 56.7 Å². The van der Waals surface area contributed by atoms with Crippen LogP contribution in [0.2, 0.25) is 30.1 Å². The minimum absolute atomic E-state index is 0.0760. The molecule has 0 bridgehead atoms. The predicted molar refractivity (Wildman–Crippen MR) is 334 cm³/mol. The highest BCUT2D eigenvalue weighted by molar-refractivity contribution is 7.88. The Morgan fingerprint density at radius 3 is 0.920 bits per heavy atom. The standard InChI is InChI=1S/2C17H19Cl2N5O4S.C16H17Cl2N5O2.CH4O3S/c2*1-29(27,28)24-7-5-10(6-8-24)21-17(26)15-13(9-20-23-15)22-16(25)14-11(18)3-2-4-12(14)19;17-10-2-1-3-11(18)13(10)15(24)22-12-8-20-23-14(12)16(25)21-9-4-6-19-7-5-9;1-5(2,3)4/h2*2-4,9-10H,5-8H2,1H3,(H,20,23)(H,21,26)(H,22,25);1-3,8-9,19H,4-7H2,(H,20,23)(H,21,25)(H,22,24);1H3,(H,2,3,4). The molecule has 88 heavy (non-hydrogen) atoms. The number of amides is 6. The summed E-state index contributed by atoms with van der Waals surface area (Å²) in [4.78, 5) is 75.2. The highest BCUT2D eigenvalue weighted by atomic mass is 35.5. The number of halogens is 6. The van der Waals surface area contributed by atoms with Crippen LogP contribution in [0, 0.1) is 0 Å². The van der Waals surface area contributed by atoms with E-state index >= 15 is 0 Å². The maximum Gasteiger partial charge on any atom is 0.271 e. The van der Waals surface area contributed by atoms with Gasteiger partial charge < -0.3 is 37.2 Å². The van der Waals surface area contributed by atoms with Crippen LogP contribution >= 0.6 is 69.6 Å². The molecule has 3 aliphatic rings. The molecular weight excluding hydrogens is 1340 g/mol. The van der Waals surface area contributed by atoms with E-state index in [2.05, 4.69) is 67.8 Å². The van der Waals surface area contributed by atoms with Crippen LogP contribution in [0.4, 0.5) is 17.1 Å². The normalized spacial score (nSPS) is 15.3. The number of H-pyrrole nitrogens is 3. The molecular formula is C51H59Cl6N15O13S3. The van der Waals surface area contributed by atoms with E-state index in [1.165, 1.54) is 51.5 Å². The number of nitrogens with one attached hydrogen (secondary N) is 10. The largest absolute Gasteiger partial charge is 0.348 e. The second kappa shape index (κ2) is 31.8. The Bertz CT molecular complexity index is 3620. The molecule has 0 radical (unpaired) electrons. The van der Waals surface area contributed by atoms with Crippen molar-refractivity contribution in [1.29, 1.82) is 0 Å². The number of hydrogen-bond donors (Lipinski definition) is 11. The number of piperidine rings is 3. The molecule has 3 fully saturated rings. The molecule has 9 rings (SSSR count). The Kier molecular flexibility index (Phi) is 25.5. The van der Waals surface area contributed by atoms with Gasteiger partial charge in [0.15, 0.2) is 0 Å². The fourth-order valence-corrected chi connectivity index (χ4v) is 12.2. The zero-order valence-corrected chi connectivity index (χ0v) is 53.7. The molecule has 3 aromatic heterocycles. The first-order valence-corrected chi connectivity index (χ1v) is 34.0. The molecule has 3 aliphatic heterocycles. The first-order chi connectivity index (χ1) is 41.4. The number of aromatic nitrogens is 6. The second-order valence-electron chi connectivity index (χ2n) is 19.7. The van der Waals surface area contributed by atoms with Gasteiger partial charge in [-0.1, -0.05) is 87.8 Å². The lowest BCUT2D eigenvalue weighted by molar-refractivity contribution is 0.0910. The number of anilines is 3. The van der Waals surface area contributed by atoms with Crippen LogP contribution in [0.25, 0.3) is 0 Å². The van der Waals surface area contributed by atoms with Gasteiger partial charge >= 0.3 is 0 Å². The zero-order valence-electron chi connectivity index (χ0n) is 46.7. The van der Waals surface area contributed by atoms with Gasteiger partial charge in [-0.3, -0.25) is 48.6 Å². The van der Waals surface area contributed by atoms with Crippen molar-refractivity contribution in [2.24, 2.45) is 0 Å². The van der Waals surface area contributed by atoms with Gasteiger partial charge in [-0.05, 0) is 88.0 Å². The number of rotatable bonds is 14. The molecule has 0 unspecified atom stereocenters. The van der Waals surface area contributed by atoms with Gasteiger partial charge in [-0.2, -0.15) is 23.7 Å². The summed E-state index contributed by atoms with van der Waals surface area (Å²) < 4.78 is 74.9. The molecule has 6 heterocycles. The summed E-state index contributed by atoms with van der Waals surface area (Å²) in [5.74, 6) is -2.88. The average Bonchev–Trinajstić information content (AvgIpc) is 4.41. The number of aromatic amines is 3. The van der Waals surface area contributed by atoms with E-state index in [4.69, 9.17) is 74.2 Å². The minimum atomic E-state index is -3.67. The van der Waals surface area contributed by atoms with Crippen LogP contribution in [-0.2, 0) is 30.2 Å². The van der Waals surface area contributed by atoms with Crippen LogP contribution < -0.4 is 37.2 Å². The van der Waals surface area contributed by atoms with Crippen LogP contribution in [-0.4, -0.2) is 181 Å². The number of benzene rings is 3. The third kappa shape index (κ3) is 20.8. The first-order valence-electron chi connectivity index (χ1n) is 26.2. The third-order valence-corrected chi connectivity index (χ3v) is 17.6. The average molecular weight is 1400 g/mol. The Morgan fingerprint density at radius 1 is 0.443 bits per heavy atom. The van der Waals surface area contributed by atoms with Gasteiger partial charge in [-0.25, -0.2) is 25.4 Å². The number of hydrogen-bond acceptors (Lipinski definition) is 16. The summed E-state index contributed by atoms with van der Waals surface area (Å²) in [6, 6.07) is 13.9. The smallest absolute Gasteiger partial charge is 0.271 e. The fourth-order valence-electron chi connectivity index (χ4n) is 8.76. The lowest BCUT2D eigenvalue weighted by Crippen LogP contribution is -2.46. The topological polar surface area (TPSA) is 402 Å². The Morgan fingerprint density at radius 2 is 0.682 bits per heavy atom. The van der Waals surface area contributed by atoms with Gasteiger partial charge in [0.1, 0.15) is 17.1 Å². The minimum Gasteiger partial charge on any atom is -0.348 e.